The van der Waals surface area contributed by atoms with Gasteiger partial charge >= 0.3 is 0 Å². The molecule has 0 aliphatic heterocycles. The predicted molar refractivity (Wildman–Crippen MR) is 84.0 cm³/mol. The highest BCUT2D eigenvalue weighted by Crippen LogP contribution is 2.46. The molecule has 0 aliphatic carbocycles. The maximum Gasteiger partial charge on any atom is 0.110 e. The Hall–Kier alpha value is -2.26. The summed E-state index contributed by atoms with van der Waals surface area (Å²) in [6.45, 7) is 0. The summed E-state index contributed by atoms with van der Waals surface area (Å²) in [5.41, 5.74) is 16.1. The second-order valence-corrected chi connectivity index (χ2v) is 5.37. The topological polar surface area (TPSA) is 52.0 Å². The van der Waals surface area contributed by atoms with E-state index in [0.717, 1.165) is 21.6 Å². The molecular formula is C16H14N2S. The van der Waals surface area contributed by atoms with Gasteiger partial charge in [-0.2, -0.15) is 0 Å². The summed E-state index contributed by atoms with van der Waals surface area (Å²) >= 11 is 1.54. The molecule has 2 aromatic carbocycles. The van der Waals surface area contributed by atoms with Crippen LogP contribution in [0.4, 0.5) is 10.7 Å². The van der Waals surface area contributed by atoms with Crippen molar-refractivity contribution in [1.29, 1.82) is 0 Å². The van der Waals surface area contributed by atoms with E-state index in [0.29, 0.717) is 10.7 Å². The van der Waals surface area contributed by atoms with Gasteiger partial charge in [-0.15, -0.1) is 11.3 Å². The number of nitrogen functional groups attached to an aromatic ring is 2. The third kappa shape index (κ3) is 2.09. The Balaban J connectivity index is 2.25. The average Bonchev–Trinajstić information content (AvgIpc) is 2.77. The van der Waals surface area contributed by atoms with E-state index in [1.165, 1.54) is 0 Å². The second-order valence-electron chi connectivity index (χ2n) is 4.32. The van der Waals surface area contributed by atoms with Crippen molar-refractivity contribution in [1.82, 2.24) is 0 Å². The van der Waals surface area contributed by atoms with Gasteiger partial charge in [0.15, 0.2) is 0 Å². The Kier molecular flexibility index (Phi) is 2.97. The van der Waals surface area contributed by atoms with E-state index < -0.39 is 0 Å². The number of anilines is 2. The summed E-state index contributed by atoms with van der Waals surface area (Å²) in [5, 5.41) is 0.678. The Bertz CT molecular complexity index is 688. The molecule has 0 radical (unpaired) electrons. The molecule has 0 spiro atoms. The van der Waals surface area contributed by atoms with Crippen molar-refractivity contribution in [3.05, 3.63) is 60.7 Å². The molecule has 0 saturated heterocycles. The second kappa shape index (κ2) is 4.78. The first-order valence-corrected chi connectivity index (χ1v) is 6.87. The van der Waals surface area contributed by atoms with Crippen LogP contribution in [0.25, 0.3) is 21.6 Å². The zero-order chi connectivity index (χ0) is 13.2. The van der Waals surface area contributed by atoms with E-state index in [4.69, 9.17) is 11.5 Å². The fourth-order valence-electron chi connectivity index (χ4n) is 2.15. The van der Waals surface area contributed by atoms with Gasteiger partial charge in [-0.1, -0.05) is 60.7 Å². The van der Waals surface area contributed by atoms with Crippen molar-refractivity contribution in [3.8, 4) is 21.6 Å². The number of rotatable bonds is 2. The molecule has 19 heavy (non-hydrogen) atoms. The van der Waals surface area contributed by atoms with E-state index in [1.54, 1.807) is 11.3 Å². The van der Waals surface area contributed by atoms with E-state index in [9.17, 15) is 0 Å². The third-order valence-corrected chi connectivity index (χ3v) is 4.16. The quantitative estimate of drug-likeness (QED) is 0.728. The normalized spacial score (nSPS) is 10.5. The highest BCUT2D eigenvalue weighted by Gasteiger charge is 2.16. The average molecular weight is 266 g/mol. The van der Waals surface area contributed by atoms with Crippen molar-refractivity contribution in [3.63, 3.8) is 0 Å². The molecule has 1 heterocycles. The Labute approximate surface area is 116 Å². The summed E-state index contributed by atoms with van der Waals surface area (Å²) < 4.78 is 0. The van der Waals surface area contributed by atoms with E-state index in [-0.39, 0.29) is 0 Å². The lowest BCUT2D eigenvalue weighted by Gasteiger charge is -2.05. The molecule has 4 N–H and O–H groups in total. The highest BCUT2D eigenvalue weighted by molar-refractivity contribution is 7.20. The lowest BCUT2D eigenvalue weighted by molar-refractivity contribution is 1.64. The van der Waals surface area contributed by atoms with Gasteiger partial charge in [0.1, 0.15) is 5.00 Å². The first kappa shape index (κ1) is 11.8. The van der Waals surface area contributed by atoms with Crippen molar-refractivity contribution in [2.75, 3.05) is 11.5 Å². The van der Waals surface area contributed by atoms with Crippen LogP contribution in [0.3, 0.4) is 0 Å². The minimum atomic E-state index is 0.676. The highest BCUT2D eigenvalue weighted by atomic mass is 32.1. The van der Waals surface area contributed by atoms with Gasteiger partial charge in [-0.3, -0.25) is 0 Å². The van der Waals surface area contributed by atoms with Gasteiger partial charge in [-0.05, 0) is 11.1 Å². The van der Waals surface area contributed by atoms with Gasteiger partial charge in [0.2, 0.25) is 0 Å². The Morgan fingerprint density at radius 3 is 1.79 bits per heavy atom. The molecule has 3 heteroatoms. The predicted octanol–water partition coefficient (Wildman–Crippen LogP) is 4.25. The Morgan fingerprint density at radius 2 is 1.21 bits per heavy atom. The molecule has 3 rings (SSSR count). The smallest absolute Gasteiger partial charge is 0.110 e. The molecule has 0 aliphatic rings. The van der Waals surface area contributed by atoms with Crippen LogP contribution >= 0.6 is 11.3 Å². The molecule has 0 atom stereocenters. The van der Waals surface area contributed by atoms with Gasteiger partial charge in [0.25, 0.3) is 0 Å². The van der Waals surface area contributed by atoms with Crippen molar-refractivity contribution < 1.29 is 0 Å². The molecule has 2 nitrogen and oxygen atoms in total. The van der Waals surface area contributed by atoms with Crippen LogP contribution in [0.5, 0.6) is 0 Å². The van der Waals surface area contributed by atoms with Crippen molar-refractivity contribution in [2.24, 2.45) is 0 Å². The third-order valence-electron chi connectivity index (χ3n) is 3.07. The molecule has 0 saturated carbocycles. The molecule has 94 valence electrons. The zero-order valence-electron chi connectivity index (χ0n) is 10.3. The minimum Gasteiger partial charge on any atom is -0.396 e. The molecule has 0 unspecified atom stereocenters. The molecule has 0 bridgehead atoms. The standard InChI is InChI=1S/C16H14N2S/c17-14-13(11-7-3-1-4-8-11)15(19-16(14)18)12-9-5-2-6-10-12/h1-10H,17-18H2. The van der Waals surface area contributed by atoms with Gasteiger partial charge < -0.3 is 11.5 Å². The van der Waals surface area contributed by atoms with Crippen LogP contribution in [-0.2, 0) is 0 Å². The molecule has 1 aromatic heterocycles. The monoisotopic (exact) mass is 266 g/mol. The summed E-state index contributed by atoms with van der Waals surface area (Å²) in [7, 11) is 0. The first-order chi connectivity index (χ1) is 9.27. The van der Waals surface area contributed by atoms with E-state index >= 15 is 0 Å². The SMILES string of the molecule is Nc1sc(-c2ccccc2)c(-c2ccccc2)c1N. The van der Waals surface area contributed by atoms with Gasteiger partial charge in [-0.25, -0.2) is 0 Å². The maximum absolute atomic E-state index is 6.16. The molecular weight excluding hydrogens is 252 g/mol. The Morgan fingerprint density at radius 1 is 0.684 bits per heavy atom. The van der Waals surface area contributed by atoms with Crippen LogP contribution in [0.2, 0.25) is 0 Å². The summed E-state index contributed by atoms with van der Waals surface area (Å²) in [6.07, 6.45) is 0. The number of benzene rings is 2. The van der Waals surface area contributed by atoms with Gasteiger partial charge in [0.05, 0.1) is 5.69 Å². The molecule has 0 fully saturated rings. The van der Waals surface area contributed by atoms with E-state index in [2.05, 4.69) is 24.3 Å². The summed E-state index contributed by atoms with van der Waals surface area (Å²) in [6, 6.07) is 20.4. The van der Waals surface area contributed by atoms with Crippen LogP contribution in [0.1, 0.15) is 0 Å². The van der Waals surface area contributed by atoms with Crippen LogP contribution in [0, 0.1) is 0 Å². The number of nitrogens with two attached hydrogens (primary N) is 2. The number of hydrogen-bond acceptors (Lipinski definition) is 3. The van der Waals surface area contributed by atoms with Crippen molar-refractivity contribution in [2.45, 2.75) is 0 Å². The molecule has 0 amide bonds. The first-order valence-electron chi connectivity index (χ1n) is 6.06. The molecule has 3 aromatic rings. The number of thiophene rings is 1. The van der Waals surface area contributed by atoms with Gasteiger partial charge in [0, 0.05) is 10.4 Å². The lowest BCUT2D eigenvalue weighted by Crippen LogP contribution is -1.91. The van der Waals surface area contributed by atoms with E-state index in [1.807, 2.05) is 36.4 Å². The summed E-state index contributed by atoms with van der Waals surface area (Å²) in [5.74, 6) is 0. The number of hydrogen-bond donors (Lipinski definition) is 2. The summed E-state index contributed by atoms with van der Waals surface area (Å²) in [4.78, 5) is 1.13. The maximum atomic E-state index is 6.16. The van der Waals surface area contributed by atoms with Crippen LogP contribution in [-0.4, -0.2) is 0 Å². The van der Waals surface area contributed by atoms with Crippen molar-refractivity contribution >= 4 is 22.0 Å². The lowest BCUT2D eigenvalue weighted by atomic mass is 10.0. The zero-order valence-corrected chi connectivity index (χ0v) is 11.2. The fraction of sp³-hybridized carbons (Fsp3) is 0. The fourth-order valence-corrected chi connectivity index (χ4v) is 3.16. The van der Waals surface area contributed by atoms with Crippen LogP contribution in [0.15, 0.2) is 60.7 Å². The van der Waals surface area contributed by atoms with Crippen LogP contribution < -0.4 is 11.5 Å². The largest absolute Gasteiger partial charge is 0.396 e. The minimum absolute atomic E-state index is 0.676.